The molecule has 0 atom stereocenters. The molecule has 0 radical (unpaired) electrons. The van der Waals surface area contributed by atoms with Crippen molar-refractivity contribution in [3.63, 3.8) is 0 Å². The molecule has 0 aliphatic carbocycles. The zero-order chi connectivity index (χ0) is 15.2. The lowest BCUT2D eigenvalue weighted by atomic mass is 10.1. The van der Waals surface area contributed by atoms with Crippen LogP contribution in [0.1, 0.15) is 21.5 Å². The number of benzene rings is 2. The first-order valence-electron chi connectivity index (χ1n) is 6.35. The van der Waals surface area contributed by atoms with Crippen molar-refractivity contribution < 1.29 is 4.79 Å². The van der Waals surface area contributed by atoms with Crippen LogP contribution < -0.4 is 5.43 Å². The Morgan fingerprint density at radius 1 is 1.10 bits per heavy atom. The van der Waals surface area contributed by atoms with Crippen molar-refractivity contribution in [3.05, 3.63) is 70.2 Å². The van der Waals surface area contributed by atoms with Crippen molar-refractivity contribution in [2.75, 3.05) is 5.33 Å². The molecule has 0 spiro atoms. The Morgan fingerprint density at radius 2 is 1.67 bits per heavy atom. The van der Waals surface area contributed by atoms with E-state index in [4.69, 9.17) is 11.6 Å². The van der Waals surface area contributed by atoms with Crippen LogP contribution in [0.25, 0.3) is 0 Å². The number of hydrogen-bond acceptors (Lipinski definition) is 2. The first-order chi connectivity index (χ1) is 10.1. The molecular formula is C16H14BrClN2O. The summed E-state index contributed by atoms with van der Waals surface area (Å²) in [5.74, 6) is -0.234. The molecular weight excluding hydrogens is 352 g/mol. The van der Waals surface area contributed by atoms with Crippen LogP contribution in [0.2, 0.25) is 5.02 Å². The van der Waals surface area contributed by atoms with Crippen molar-refractivity contribution in [1.82, 2.24) is 5.43 Å². The number of carbonyl (C=O) groups is 1. The Hall–Kier alpha value is -1.65. The molecule has 0 heterocycles. The largest absolute Gasteiger partial charge is 0.271 e. The number of nitrogens with zero attached hydrogens (tertiary/aromatic N) is 1. The van der Waals surface area contributed by atoms with Gasteiger partial charge in [-0.2, -0.15) is 5.10 Å². The third-order valence-corrected chi connectivity index (χ3v) is 3.69. The molecule has 0 fully saturated rings. The molecule has 0 saturated heterocycles. The van der Waals surface area contributed by atoms with Gasteiger partial charge in [0.1, 0.15) is 0 Å². The topological polar surface area (TPSA) is 41.5 Å². The lowest BCUT2D eigenvalue weighted by molar-refractivity contribution is 0.0955. The van der Waals surface area contributed by atoms with Crippen LogP contribution in [-0.2, 0) is 0 Å². The third-order valence-electron chi connectivity index (χ3n) is 2.91. The van der Waals surface area contributed by atoms with Crippen LogP contribution in [-0.4, -0.2) is 16.9 Å². The number of alkyl halides is 1. The van der Waals surface area contributed by atoms with E-state index in [-0.39, 0.29) is 5.91 Å². The van der Waals surface area contributed by atoms with Crippen molar-refractivity contribution >= 4 is 39.1 Å². The fourth-order valence-electron chi connectivity index (χ4n) is 1.70. The van der Waals surface area contributed by atoms with E-state index in [1.807, 2.05) is 31.2 Å². The minimum Gasteiger partial charge on any atom is -0.267 e. The Balaban J connectivity index is 2.12. The number of halogens is 2. The van der Waals surface area contributed by atoms with E-state index in [0.29, 0.717) is 15.9 Å². The fourth-order valence-corrected chi connectivity index (χ4v) is 2.28. The predicted octanol–water partition coefficient (Wildman–Crippen LogP) is 4.18. The third kappa shape index (κ3) is 4.41. The highest BCUT2D eigenvalue weighted by atomic mass is 79.9. The van der Waals surface area contributed by atoms with Gasteiger partial charge in [-0.3, -0.25) is 4.79 Å². The molecule has 0 aliphatic heterocycles. The van der Waals surface area contributed by atoms with Gasteiger partial charge >= 0.3 is 0 Å². The van der Waals surface area contributed by atoms with Gasteiger partial charge in [0, 0.05) is 15.9 Å². The van der Waals surface area contributed by atoms with Crippen LogP contribution >= 0.6 is 27.5 Å². The van der Waals surface area contributed by atoms with E-state index in [1.54, 1.807) is 24.3 Å². The summed E-state index contributed by atoms with van der Waals surface area (Å²) in [4.78, 5) is 12.0. The second-order valence-corrected chi connectivity index (χ2v) is 5.50. The predicted molar refractivity (Wildman–Crippen MR) is 90.4 cm³/mol. The van der Waals surface area contributed by atoms with Gasteiger partial charge in [-0.25, -0.2) is 5.43 Å². The number of hydrazone groups is 1. The van der Waals surface area contributed by atoms with Crippen LogP contribution in [0.4, 0.5) is 0 Å². The fraction of sp³-hybridized carbons (Fsp3) is 0.125. The molecule has 1 N–H and O–H groups in total. The van der Waals surface area contributed by atoms with Crippen LogP contribution in [0.15, 0.2) is 53.6 Å². The molecule has 1 amide bonds. The van der Waals surface area contributed by atoms with Gasteiger partial charge in [0.15, 0.2) is 0 Å². The molecule has 5 heteroatoms. The summed E-state index contributed by atoms with van der Waals surface area (Å²) in [5.41, 5.74) is 5.89. The van der Waals surface area contributed by atoms with E-state index in [2.05, 4.69) is 26.5 Å². The quantitative estimate of drug-likeness (QED) is 0.493. The minimum atomic E-state index is -0.234. The lowest BCUT2D eigenvalue weighted by Gasteiger charge is -2.05. The van der Waals surface area contributed by atoms with Gasteiger partial charge in [0.2, 0.25) is 0 Å². The maximum atomic E-state index is 12.0. The zero-order valence-corrected chi connectivity index (χ0v) is 13.8. The Morgan fingerprint density at radius 3 is 2.24 bits per heavy atom. The first-order valence-corrected chi connectivity index (χ1v) is 7.85. The standard InChI is InChI=1S/C16H14BrClN2O/c1-11-2-4-13(5-3-11)16(21)20-19-15(10-17)12-6-8-14(18)9-7-12/h2-9H,10H2,1H3,(H,20,21)/b19-15+. The molecule has 2 rings (SSSR count). The molecule has 21 heavy (non-hydrogen) atoms. The number of nitrogens with one attached hydrogen (secondary N) is 1. The van der Waals surface area contributed by atoms with E-state index in [0.717, 1.165) is 16.8 Å². The van der Waals surface area contributed by atoms with E-state index < -0.39 is 0 Å². The molecule has 0 aromatic heterocycles. The average Bonchev–Trinajstić information content (AvgIpc) is 2.50. The van der Waals surface area contributed by atoms with E-state index >= 15 is 0 Å². The molecule has 2 aromatic rings. The SMILES string of the molecule is Cc1ccc(C(=O)N/N=C(\CBr)c2ccc(Cl)cc2)cc1. The second-order valence-electron chi connectivity index (χ2n) is 4.51. The van der Waals surface area contributed by atoms with Crippen molar-refractivity contribution in [2.24, 2.45) is 5.10 Å². The summed E-state index contributed by atoms with van der Waals surface area (Å²) in [6, 6.07) is 14.6. The molecule has 2 aromatic carbocycles. The van der Waals surface area contributed by atoms with Crippen molar-refractivity contribution in [2.45, 2.75) is 6.92 Å². The van der Waals surface area contributed by atoms with Gasteiger partial charge in [-0.1, -0.05) is 57.4 Å². The number of hydrogen-bond donors (Lipinski definition) is 1. The van der Waals surface area contributed by atoms with Crippen molar-refractivity contribution in [1.29, 1.82) is 0 Å². The highest BCUT2D eigenvalue weighted by Gasteiger charge is 2.06. The molecule has 0 unspecified atom stereocenters. The number of carbonyl (C=O) groups excluding carboxylic acids is 1. The number of aryl methyl sites for hydroxylation is 1. The lowest BCUT2D eigenvalue weighted by Crippen LogP contribution is -2.20. The number of rotatable bonds is 4. The van der Waals surface area contributed by atoms with Gasteiger partial charge in [-0.05, 0) is 36.8 Å². The monoisotopic (exact) mass is 364 g/mol. The summed E-state index contributed by atoms with van der Waals surface area (Å²) in [6.45, 7) is 1.98. The summed E-state index contributed by atoms with van der Waals surface area (Å²) >= 11 is 9.23. The Kier molecular flexibility index (Phi) is 5.53. The normalized spacial score (nSPS) is 11.3. The number of amides is 1. The molecule has 3 nitrogen and oxygen atoms in total. The van der Waals surface area contributed by atoms with Crippen LogP contribution in [0.3, 0.4) is 0 Å². The van der Waals surface area contributed by atoms with Gasteiger partial charge < -0.3 is 0 Å². The van der Waals surface area contributed by atoms with Gasteiger partial charge in [-0.15, -0.1) is 0 Å². The Bertz CT molecular complexity index is 651. The molecule has 0 saturated carbocycles. The molecule has 108 valence electrons. The highest BCUT2D eigenvalue weighted by Crippen LogP contribution is 2.11. The zero-order valence-electron chi connectivity index (χ0n) is 11.4. The van der Waals surface area contributed by atoms with E-state index in [9.17, 15) is 4.79 Å². The molecule has 0 aliphatic rings. The second kappa shape index (κ2) is 7.38. The van der Waals surface area contributed by atoms with Crippen LogP contribution in [0.5, 0.6) is 0 Å². The summed E-state index contributed by atoms with van der Waals surface area (Å²) in [7, 11) is 0. The van der Waals surface area contributed by atoms with Crippen LogP contribution in [0, 0.1) is 6.92 Å². The highest BCUT2D eigenvalue weighted by molar-refractivity contribution is 9.09. The molecule has 0 bridgehead atoms. The maximum Gasteiger partial charge on any atom is 0.271 e. The average molecular weight is 366 g/mol. The van der Waals surface area contributed by atoms with E-state index in [1.165, 1.54) is 0 Å². The Labute approximate surface area is 137 Å². The van der Waals surface area contributed by atoms with Crippen molar-refractivity contribution in [3.8, 4) is 0 Å². The van der Waals surface area contributed by atoms with Gasteiger partial charge in [0.05, 0.1) is 5.71 Å². The summed E-state index contributed by atoms with van der Waals surface area (Å²) in [6.07, 6.45) is 0. The minimum absolute atomic E-state index is 0.234. The van der Waals surface area contributed by atoms with Gasteiger partial charge in [0.25, 0.3) is 5.91 Å². The summed E-state index contributed by atoms with van der Waals surface area (Å²) in [5, 5.41) is 5.36. The summed E-state index contributed by atoms with van der Waals surface area (Å²) < 4.78 is 0. The smallest absolute Gasteiger partial charge is 0.267 e. The maximum absolute atomic E-state index is 12.0. The first kappa shape index (κ1) is 15.7.